The van der Waals surface area contributed by atoms with Crippen molar-refractivity contribution in [3.05, 3.63) is 34.2 Å². The number of nitrogens with zero attached hydrogens (tertiary/aromatic N) is 1. The Morgan fingerprint density at radius 2 is 1.85 bits per heavy atom. The zero-order valence-corrected chi connectivity index (χ0v) is 16.6. The maximum absolute atomic E-state index is 12.9. The van der Waals surface area contributed by atoms with Gasteiger partial charge in [0.05, 0.1) is 17.5 Å². The molecule has 2 aliphatic carbocycles. The summed E-state index contributed by atoms with van der Waals surface area (Å²) in [5.74, 6) is -1.68. The lowest BCUT2D eigenvalue weighted by Gasteiger charge is -2.26. The van der Waals surface area contributed by atoms with Gasteiger partial charge in [0.2, 0.25) is 5.91 Å². The number of carbonyl (C=O) groups excluding carboxylic acids is 1. The Morgan fingerprint density at radius 3 is 2.56 bits per heavy atom. The maximum atomic E-state index is 12.9. The molecule has 142 valence electrons. The smallest absolute Gasteiger partial charge is 0.307 e. The summed E-state index contributed by atoms with van der Waals surface area (Å²) in [6, 6.07) is 6.26. The molecule has 2 bridgehead atoms. The number of aryl methyl sites for hydroxylation is 3. The van der Waals surface area contributed by atoms with Crippen LogP contribution in [0.3, 0.4) is 0 Å². The van der Waals surface area contributed by atoms with Gasteiger partial charge < -0.3 is 10.4 Å². The van der Waals surface area contributed by atoms with Crippen molar-refractivity contribution in [2.45, 2.75) is 40.0 Å². The van der Waals surface area contributed by atoms with Crippen LogP contribution in [0.15, 0.2) is 18.2 Å². The van der Waals surface area contributed by atoms with Crippen LogP contribution in [0.1, 0.15) is 35.3 Å². The van der Waals surface area contributed by atoms with E-state index in [1.165, 1.54) is 16.9 Å². The maximum Gasteiger partial charge on any atom is 0.307 e. The first-order valence-electron chi connectivity index (χ1n) is 9.44. The first-order valence-corrected chi connectivity index (χ1v) is 10.3. The lowest BCUT2D eigenvalue weighted by molar-refractivity contribution is -0.148. The van der Waals surface area contributed by atoms with Crippen LogP contribution in [0.5, 0.6) is 0 Å². The molecule has 0 spiro atoms. The zero-order chi connectivity index (χ0) is 19.3. The molecule has 1 aromatic carbocycles. The molecule has 6 heteroatoms. The van der Waals surface area contributed by atoms with Crippen LogP contribution >= 0.6 is 11.3 Å². The number of aromatic nitrogens is 1. The standard InChI is InChI=1S/C21H24N2O3S/c1-10-4-5-11(2)15(8-10)18-12(3)27-21(22-18)23-19(24)16-13-6-7-14(9-13)17(16)20(25)26/h4-5,8,13-14,16-17H,6-7,9H2,1-3H3,(H,25,26)(H,22,23,24)/t13-,14-,16+,17-/m0/s1. The summed E-state index contributed by atoms with van der Waals surface area (Å²) >= 11 is 1.45. The van der Waals surface area contributed by atoms with Crippen molar-refractivity contribution < 1.29 is 14.7 Å². The lowest BCUT2D eigenvalue weighted by atomic mass is 9.79. The van der Waals surface area contributed by atoms with E-state index in [9.17, 15) is 14.7 Å². The molecule has 2 fully saturated rings. The fourth-order valence-electron chi connectivity index (χ4n) is 4.90. The Labute approximate surface area is 162 Å². The predicted molar refractivity (Wildman–Crippen MR) is 106 cm³/mol. The highest BCUT2D eigenvalue weighted by molar-refractivity contribution is 7.16. The van der Waals surface area contributed by atoms with Crippen LogP contribution in [0, 0.1) is 44.4 Å². The minimum atomic E-state index is -0.839. The predicted octanol–water partition coefficient (Wildman–Crippen LogP) is 4.42. The number of benzene rings is 1. The van der Waals surface area contributed by atoms with Crippen molar-refractivity contribution in [2.24, 2.45) is 23.7 Å². The van der Waals surface area contributed by atoms with Crippen LogP contribution in [0.2, 0.25) is 0 Å². The number of anilines is 1. The van der Waals surface area contributed by atoms with Crippen molar-refractivity contribution in [1.29, 1.82) is 0 Å². The second-order valence-corrected chi connectivity index (χ2v) is 9.16. The third-order valence-corrected chi connectivity index (χ3v) is 7.07. The van der Waals surface area contributed by atoms with Gasteiger partial charge in [0.25, 0.3) is 0 Å². The molecule has 0 unspecified atom stereocenters. The topological polar surface area (TPSA) is 79.3 Å². The first kappa shape index (κ1) is 18.2. The van der Waals surface area contributed by atoms with E-state index in [0.29, 0.717) is 5.13 Å². The first-order chi connectivity index (χ1) is 12.8. The minimum absolute atomic E-state index is 0.145. The van der Waals surface area contributed by atoms with Crippen LogP contribution < -0.4 is 5.32 Å². The number of hydrogen-bond donors (Lipinski definition) is 2. The van der Waals surface area contributed by atoms with Gasteiger partial charge in [-0.05, 0) is 63.5 Å². The molecule has 0 radical (unpaired) electrons. The highest BCUT2D eigenvalue weighted by Crippen LogP contribution is 2.52. The molecular weight excluding hydrogens is 360 g/mol. The Hall–Kier alpha value is -2.21. The molecule has 27 heavy (non-hydrogen) atoms. The average Bonchev–Trinajstić information content (AvgIpc) is 3.31. The Bertz CT molecular complexity index is 920. The number of rotatable bonds is 4. The zero-order valence-electron chi connectivity index (χ0n) is 15.8. The third kappa shape index (κ3) is 3.16. The van der Waals surface area contributed by atoms with Gasteiger partial charge in [0, 0.05) is 10.4 Å². The molecular formula is C21H24N2O3S. The summed E-state index contributed by atoms with van der Waals surface area (Å²) in [4.78, 5) is 30.3. The van der Waals surface area contributed by atoms with E-state index in [0.717, 1.165) is 41.0 Å². The van der Waals surface area contributed by atoms with Crippen molar-refractivity contribution >= 4 is 28.3 Å². The summed E-state index contributed by atoms with van der Waals surface area (Å²) < 4.78 is 0. The van der Waals surface area contributed by atoms with Crippen molar-refractivity contribution in [3.8, 4) is 11.3 Å². The molecule has 1 aromatic heterocycles. The fourth-order valence-corrected chi connectivity index (χ4v) is 5.73. The second-order valence-electron chi connectivity index (χ2n) is 7.95. The van der Waals surface area contributed by atoms with Gasteiger partial charge in [-0.25, -0.2) is 4.98 Å². The van der Waals surface area contributed by atoms with Gasteiger partial charge in [-0.2, -0.15) is 0 Å². The van der Waals surface area contributed by atoms with E-state index >= 15 is 0 Å². The number of nitrogens with one attached hydrogen (secondary N) is 1. The summed E-state index contributed by atoms with van der Waals surface area (Å²) in [5.41, 5.74) is 4.28. The van der Waals surface area contributed by atoms with Gasteiger partial charge in [-0.15, -0.1) is 11.3 Å². The van der Waals surface area contributed by atoms with Gasteiger partial charge in [0.15, 0.2) is 5.13 Å². The normalized spacial score (nSPS) is 26.3. The van der Waals surface area contributed by atoms with Crippen LogP contribution in [-0.2, 0) is 9.59 Å². The van der Waals surface area contributed by atoms with Gasteiger partial charge in [0.1, 0.15) is 0 Å². The van der Waals surface area contributed by atoms with E-state index in [2.05, 4.69) is 42.3 Å². The number of carboxylic acid groups (broad SMARTS) is 1. The van der Waals surface area contributed by atoms with Crippen LogP contribution in [0.25, 0.3) is 11.3 Å². The van der Waals surface area contributed by atoms with E-state index in [1.807, 2.05) is 6.92 Å². The summed E-state index contributed by atoms with van der Waals surface area (Å²) in [6.07, 6.45) is 2.75. The molecule has 1 heterocycles. The summed E-state index contributed by atoms with van der Waals surface area (Å²) in [7, 11) is 0. The molecule has 2 aliphatic rings. The highest BCUT2D eigenvalue weighted by atomic mass is 32.1. The molecule has 1 amide bonds. The summed E-state index contributed by atoms with van der Waals surface area (Å²) in [6.45, 7) is 6.11. The van der Waals surface area contributed by atoms with Crippen molar-refractivity contribution in [1.82, 2.24) is 4.98 Å². The molecule has 4 rings (SSSR count). The second kappa shape index (κ2) is 6.75. The van der Waals surface area contributed by atoms with E-state index in [-0.39, 0.29) is 17.7 Å². The third-order valence-electron chi connectivity index (χ3n) is 6.18. The Morgan fingerprint density at radius 1 is 1.15 bits per heavy atom. The number of amides is 1. The van der Waals surface area contributed by atoms with Crippen LogP contribution in [0.4, 0.5) is 5.13 Å². The monoisotopic (exact) mass is 384 g/mol. The highest BCUT2D eigenvalue weighted by Gasteiger charge is 2.54. The summed E-state index contributed by atoms with van der Waals surface area (Å²) in [5, 5.41) is 13.1. The van der Waals surface area contributed by atoms with Crippen molar-refractivity contribution in [3.63, 3.8) is 0 Å². The molecule has 2 N–H and O–H groups in total. The fraction of sp³-hybridized carbons (Fsp3) is 0.476. The largest absolute Gasteiger partial charge is 0.481 e. The Kier molecular flexibility index (Phi) is 4.54. The molecule has 0 saturated heterocycles. The molecule has 2 aromatic rings. The number of carboxylic acids is 1. The van der Waals surface area contributed by atoms with Gasteiger partial charge in [-0.3, -0.25) is 9.59 Å². The molecule has 5 nitrogen and oxygen atoms in total. The Balaban J connectivity index is 1.58. The van der Waals surface area contributed by atoms with E-state index in [1.54, 1.807) is 0 Å². The number of carbonyl (C=O) groups is 2. The SMILES string of the molecule is Cc1ccc(C)c(-c2nc(NC(=O)[C@@H]3[C@H]4CC[C@@H](C4)[C@@H]3C(=O)O)sc2C)c1. The number of aliphatic carboxylic acids is 1. The molecule has 4 atom stereocenters. The number of thiazole rings is 1. The van der Waals surface area contributed by atoms with Crippen molar-refractivity contribution in [2.75, 3.05) is 5.32 Å². The number of fused-ring (bicyclic) bond motifs is 2. The van der Waals surface area contributed by atoms with E-state index in [4.69, 9.17) is 0 Å². The van der Waals surface area contributed by atoms with Crippen LogP contribution in [-0.4, -0.2) is 22.0 Å². The van der Waals surface area contributed by atoms with Gasteiger partial charge in [-0.1, -0.05) is 17.7 Å². The van der Waals surface area contributed by atoms with E-state index < -0.39 is 17.8 Å². The lowest BCUT2D eigenvalue weighted by Crippen LogP contribution is -2.37. The average molecular weight is 385 g/mol. The van der Waals surface area contributed by atoms with Gasteiger partial charge >= 0.3 is 5.97 Å². The molecule has 2 saturated carbocycles. The number of hydrogen-bond acceptors (Lipinski definition) is 4. The molecule has 0 aliphatic heterocycles. The minimum Gasteiger partial charge on any atom is -0.481 e. The quantitative estimate of drug-likeness (QED) is 0.818.